The molecule has 0 N–H and O–H groups in total. The van der Waals surface area contributed by atoms with Crippen molar-refractivity contribution >= 4 is 39.0 Å². The van der Waals surface area contributed by atoms with E-state index in [0.29, 0.717) is 0 Å². The average Bonchev–Trinajstić information content (AvgIpc) is 4.07. The van der Waals surface area contributed by atoms with Crippen LogP contribution in [0.2, 0.25) is 0 Å². The molecule has 1 unspecified atom stereocenters. The molecule has 2 nitrogen and oxygen atoms in total. The second-order valence-corrected chi connectivity index (χ2v) is 18.8. The van der Waals surface area contributed by atoms with E-state index in [9.17, 15) is 0 Å². The topological polar surface area (TPSA) is 16.4 Å². The Labute approximate surface area is 384 Å². The molecule has 11 aromatic rings. The maximum atomic E-state index is 6.75. The smallest absolute Gasteiger partial charge is 0.143 e. The van der Waals surface area contributed by atoms with Crippen LogP contribution in [-0.2, 0) is 10.8 Å². The van der Waals surface area contributed by atoms with Crippen molar-refractivity contribution in [3.63, 3.8) is 0 Å². The third kappa shape index (κ3) is 5.01. The monoisotopic (exact) mass is 841 g/mol. The number of benzene rings is 10. The van der Waals surface area contributed by atoms with E-state index in [1.54, 1.807) is 0 Å². The van der Waals surface area contributed by atoms with E-state index >= 15 is 0 Å². The third-order valence-electron chi connectivity index (χ3n) is 15.1. The summed E-state index contributed by atoms with van der Waals surface area (Å²) < 4.78 is 6.75. The second-order valence-electron chi connectivity index (χ2n) is 18.8. The molecule has 0 fully saturated rings. The molecular formula is C64H43NO. The van der Waals surface area contributed by atoms with E-state index in [4.69, 9.17) is 4.42 Å². The van der Waals surface area contributed by atoms with Crippen molar-refractivity contribution in [3.8, 4) is 55.6 Å². The molecular weight excluding hydrogens is 799 g/mol. The predicted octanol–water partition coefficient (Wildman–Crippen LogP) is 17.0. The van der Waals surface area contributed by atoms with Crippen molar-refractivity contribution < 1.29 is 4.42 Å². The Hall–Kier alpha value is -8.20. The number of rotatable bonds is 5. The van der Waals surface area contributed by atoms with Gasteiger partial charge in [0.25, 0.3) is 0 Å². The van der Waals surface area contributed by atoms with Crippen molar-refractivity contribution in [2.75, 3.05) is 4.90 Å². The SMILES string of the molecule is CC1(C)c2ccccc2-c2ccc(N(c3ccc(-c4ccccc4)cc3)c3ccc(-c4ccc5c(c4)-c4ccccc4C54c5ccccc5-c5c4ccc4c5oc5ccccc54)cc3)cc21. The fourth-order valence-electron chi connectivity index (χ4n) is 12.1. The van der Waals surface area contributed by atoms with Gasteiger partial charge in [0.05, 0.1) is 5.41 Å². The van der Waals surface area contributed by atoms with Gasteiger partial charge in [0.1, 0.15) is 11.2 Å². The van der Waals surface area contributed by atoms with Gasteiger partial charge >= 0.3 is 0 Å². The number of nitrogens with zero attached hydrogens (tertiary/aromatic N) is 1. The largest absolute Gasteiger partial charge is 0.455 e. The Morgan fingerprint density at radius 3 is 1.59 bits per heavy atom. The van der Waals surface area contributed by atoms with E-state index in [2.05, 4.69) is 243 Å². The number of furan rings is 1. The molecule has 0 aliphatic heterocycles. The average molecular weight is 842 g/mol. The van der Waals surface area contributed by atoms with Gasteiger partial charge in [-0.2, -0.15) is 0 Å². The Kier molecular flexibility index (Phi) is 7.70. The molecule has 66 heavy (non-hydrogen) atoms. The summed E-state index contributed by atoms with van der Waals surface area (Å²) in [7, 11) is 0. The van der Waals surface area contributed by atoms with E-state index in [0.717, 1.165) is 39.0 Å². The minimum atomic E-state index is -0.463. The van der Waals surface area contributed by atoms with E-state index in [1.807, 2.05) is 0 Å². The molecule has 0 saturated carbocycles. The summed E-state index contributed by atoms with van der Waals surface area (Å²) >= 11 is 0. The summed E-state index contributed by atoms with van der Waals surface area (Å²) in [6.45, 7) is 4.71. The van der Waals surface area contributed by atoms with Gasteiger partial charge in [0.15, 0.2) is 0 Å². The van der Waals surface area contributed by atoms with Crippen LogP contribution < -0.4 is 4.90 Å². The van der Waals surface area contributed by atoms with Crippen LogP contribution in [0.3, 0.4) is 0 Å². The molecule has 1 heterocycles. The molecule has 1 atom stereocenters. The first kappa shape index (κ1) is 37.2. The summed E-state index contributed by atoms with van der Waals surface area (Å²) in [6.07, 6.45) is 0. The minimum Gasteiger partial charge on any atom is -0.455 e. The molecule has 1 spiro atoms. The van der Waals surface area contributed by atoms with Gasteiger partial charge in [-0.25, -0.2) is 0 Å². The van der Waals surface area contributed by atoms with Crippen LogP contribution in [0.15, 0.2) is 229 Å². The Morgan fingerprint density at radius 2 is 0.848 bits per heavy atom. The summed E-state index contributed by atoms with van der Waals surface area (Å²) in [4.78, 5) is 2.41. The molecule has 2 heteroatoms. The van der Waals surface area contributed by atoms with Crippen LogP contribution in [0.1, 0.15) is 47.2 Å². The van der Waals surface area contributed by atoms with Gasteiger partial charge in [0.2, 0.25) is 0 Å². The molecule has 0 saturated heterocycles. The molecule has 14 rings (SSSR count). The molecule has 10 aromatic carbocycles. The lowest BCUT2D eigenvalue weighted by Crippen LogP contribution is -2.25. The van der Waals surface area contributed by atoms with Gasteiger partial charge < -0.3 is 9.32 Å². The zero-order valence-electron chi connectivity index (χ0n) is 36.7. The second kappa shape index (κ2) is 13.7. The highest BCUT2D eigenvalue weighted by atomic mass is 16.3. The van der Waals surface area contributed by atoms with E-state index < -0.39 is 5.41 Å². The van der Waals surface area contributed by atoms with E-state index in [-0.39, 0.29) is 5.41 Å². The predicted molar refractivity (Wildman–Crippen MR) is 273 cm³/mol. The highest BCUT2D eigenvalue weighted by Crippen LogP contribution is 2.64. The maximum Gasteiger partial charge on any atom is 0.143 e. The summed E-state index contributed by atoms with van der Waals surface area (Å²) in [5.41, 5.74) is 25.1. The summed E-state index contributed by atoms with van der Waals surface area (Å²) in [5, 5.41) is 2.32. The zero-order chi connectivity index (χ0) is 43.7. The molecule has 3 aliphatic rings. The quantitative estimate of drug-likeness (QED) is 0.172. The van der Waals surface area contributed by atoms with E-state index in [1.165, 1.54) is 89.0 Å². The highest BCUT2D eigenvalue weighted by molar-refractivity contribution is 6.13. The lowest BCUT2D eigenvalue weighted by Gasteiger charge is -2.30. The number of hydrogen-bond acceptors (Lipinski definition) is 2. The Bertz CT molecular complexity index is 3780. The van der Waals surface area contributed by atoms with Gasteiger partial charge in [-0.05, 0) is 132 Å². The molecule has 0 bridgehead atoms. The van der Waals surface area contributed by atoms with Crippen molar-refractivity contribution in [1.82, 2.24) is 0 Å². The zero-order valence-corrected chi connectivity index (χ0v) is 36.7. The van der Waals surface area contributed by atoms with Crippen molar-refractivity contribution in [2.45, 2.75) is 24.7 Å². The molecule has 310 valence electrons. The molecule has 0 radical (unpaired) electrons. The molecule has 3 aliphatic carbocycles. The standard InChI is InChI=1S/C64H43NO/c1-63(2)54-20-10-6-16-47(54)49-34-33-46(39-59(49)63)65(44-29-24-41(25-30-44)40-14-4-3-5-15-40)45-31-26-42(27-32-45)43-28-36-57-53(38-43)48-17-7-11-21-55(48)64(57)56-22-12-8-19-52(56)61-58(64)37-35-51-50-18-9-13-23-60(50)66-62(51)61/h3-39H,1-2H3. The van der Waals surface area contributed by atoms with Crippen LogP contribution in [0, 0.1) is 0 Å². The summed E-state index contributed by atoms with van der Waals surface area (Å²) in [5.74, 6) is 0. The first-order valence-electron chi connectivity index (χ1n) is 23.1. The minimum absolute atomic E-state index is 0.109. The van der Waals surface area contributed by atoms with Gasteiger partial charge in [-0.15, -0.1) is 0 Å². The third-order valence-corrected chi connectivity index (χ3v) is 15.1. The molecule has 1 aromatic heterocycles. The summed E-state index contributed by atoms with van der Waals surface area (Å²) in [6, 6.07) is 83.0. The van der Waals surface area contributed by atoms with Crippen LogP contribution >= 0.6 is 0 Å². The normalized spacial score (nSPS) is 15.6. The number of anilines is 3. The van der Waals surface area contributed by atoms with Crippen LogP contribution in [0.25, 0.3) is 77.6 Å². The lowest BCUT2D eigenvalue weighted by molar-refractivity contribution is 0.660. The number of fused-ring (bicyclic) bond motifs is 17. The lowest BCUT2D eigenvalue weighted by atomic mass is 9.70. The Morgan fingerprint density at radius 1 is 0.333 bits per heavy atom. The van der Waals surface area contributed by atoms with Crippen LogP contribution in [0.5, 0.6) is 0 Å². The van der Waals surface area contributed by atoms with Gasteiger partial charge in [-0.3, -0.25) is 0 Å². The van der Waals surface area contributed by atoms with Crippen molar-refractivity contribution in [1.29, 1.82) is 0 Å². The van der Waals surface area contributed by atoms with Crippen molar-refractivity contribution in [3.05, 3.63) is 258 Å². The van der Waals surface area contributed by atoms with Crippen LogP contribution in [-0.4, -0.2) is 0 Å². The number of hydrogen-bond donors (Lipinski definition) is 0. The Balaban J connectivity index is 0.891. The van der Waals surface area contributed by atoms with Gasteiger partial charge in [0, 0.05) is 38.8 Å². The first-order chi connectivity index (χ1) is 32.5. The molecule has 0 amide bonds. The van der Waals surface area contributed by atoms with Gasteiger partial charge in [-0.1, -0.05) is 190 Å². The fourth-order valence-corrected chi connectivity index (χ4v) is 12.1. The fraction of sp³-hybridized carbons (Fsp3) is 0.0625. The maximum absolute atomic E-state index is 6.75. The number of para-hydroxylation sites is 1. The van der Waals surface area contributed by atoms with Crippen molar-refractivity contribution in [2.24, 2.45) is 0 Å². The van der Waals surface area contributed by atoms with Crippen LogP contribution in [0.4, 0.5) is 17.1 Å². The highest BCUT2D eigenvalue weighted by Gasteiger charge is 2.52. The first-order valence-corrected chi connectivity index (χ1v) is 23.1.